The Labute approximate surface area is 203 Å². The molecule has 0 fully saturated rings. The van der Waals surface area contributed by atoms with Crippen molar-refractivity contribution < 1.29 is 31.1 Å². The van der Waals surface area contributed by atoms with Crippen molar-refractivity contribution in [2.24, 2.45) is 4.40 Å². The van der Waals surface area contributed by atoms with Crippen LogP contribution in [0.15, 0.2) is 40.9 Å². The predicted molar refractivity (Wildman–Crippen MR) is 124 cm³/mol. The smallest absolute Gasteiger partial charge is 0.496 e. The van der Waals surface area contributed by atoms with E-state index in [2.05, 4.69) is 25.6 Å². The predicted octanol–water partition coefficient (Wildman–Crippen LogP) is 3.28. The average molecular weight is 533 g/mol. The van der Waals surface area contributed by atoms with Crippen LogP contribution in [0.4, 0.5) is 18.9 Å². The van der Waals surface area contributed by atoms with E-state index in [0.29, 0.717) is 51.8 Å². The molecule has 10 nitrogen and oxygen atoms in total. The van der Waals surface area contributed by atoms with Crippen LogP contribution in [-0.4, -0.2) is 42.7 Å². The standard InChI is InChI=1S/C20H20ClF3N6O4S/c1-3-15-18(30-10-13(21)5-7-17(30)28-15)19(31)25-9-12-4-6-14(8-16(12)34-2)29-26-11-27-35(32,33)20(22,23)24/h4-8,10-11,29H,3,9H2,1-2H3,(H,25,31)(H,26,27). The zero-order valence-corrected chi connectivity index (χ0v) is 19.9. The number of benzene rings is 1. The van der Waals surface area contributed by atoms with Gasteiger partial charge in [-0.1, -0.05) is 24.6 Å². The molecule has 1 aromatic carbocycles. The van der Waals surface area contributed by atoms with E-state index in [-0.39, 0.29) is 12.5 Å². The summed E-state index contributed by atoms with van der Waals surface area (Å²) in [5, 5.41) is 3.26. The van der Waals surface area contributed by atoms with Crippen molar-refractivity contribution in [2.45, 2.75) is 25.4 Å². The monoisotopic (exact) mass is 532 g/mol. The lowest BCUT2D eigenvalue weighted by Crippen LogP contribution is -2.26. The highest BCUT2D eigenvalue weighted by Gasteiger charge is 2.45. The Morgan fingerprint density at radius 3 is 2.69 bits per heavy atom. The maximum atomic E-state index is 13.0. The molecular formula is C20H20ClF3N6O4S. The number of aromatic nitrogens is 2. The normalized spacial score (nSPS) is 12.2. The Morgan fingerprint density at radius 2 is 2.03 bits per heavy atom. The number of rotatable bonds is 9. The van der Waals surface area contributed by atoms with Crippen LogP contribution in [-0.2, 0) is 23.0 Å². The number of nitrogens with one attached hydrogen (secondary N) is 3. The van der Waals surface area contributed by atoms with Gasteiger partial charge in [-0.3, -0.25) is 20.0 Å². The number of hydrogen-bond donors (Lipinski definition) is 3. The molecule has 0 bridgehead atoms. The van der Waals surface area contributed by atoms with Gasteiger partial charge in [0, 0.05) is 24.4 Å². The maximum absolute atomic E-state index is 13.0. The van der Waals surface area contributed by atoms with Crippen LogP contribution >= 0.6 is 11.6 Å². The minimum absolute atomic E-state index is 0.0952. The molecule has 0 aliphatic rings. The fraction of sp³-hybridized carbons (Fsp3) is 0.250. The van der Waals surface area contributed by atoms with Crippen LogP contribution in [0.1, 0.15) is 28.7 Å². The van der Waals surface area contributed by atoms with Gasteiger partial charge < -0.3 is 10.1 Å². The van der Waals surface area contributed by atoms with Crippen LogP contribution in [0.5, 0.6) is 5.75 Å². The third-order valence-corrected chi connectivity index (χ3v) is 5.89. The molecule has 188 valence electrons. The van der Waals surface area contributed by atoms with Crippen molar-refractivity contribution in [3.63, 3.8) is 0 Å². The molecular weight excluding hydrogens is 513 g/mol. The molecule has 0 spiro atoms. The van der Waals surface area contributed by atoms with E-state index in [0.717, 1.165) is 0 Å². The minimum Gasteiger partial charge on any atom is -0.496 e. The van der Waals surface area contributed by atoms with Gasteiger partial charge in [-0.25, -0.2) is 4.98 Å². The van der Waals surface area contributed by atoms with E-state index < -0.39 is 15.5 Å². The summed E-state index contributed by atoms with van der Waals surface area (Å²) in [5.74, 6) is -0.0153. The number of imidazole rings is 1. The molecule has 0 saturated carbocycles. The van der Waals surface area contributed by atoms with Gasteiger partial charge in [-0.2, -0.15) is 21.6 Å². The van der Waals surface area contributed by atoms with E-state index in [1.165, 1.54) is 19.2 Å². The summed E-state index contributed by atoms with van der Waals surface area (Å²) in [5.41, 5.74) is 1.61. The number of carbonyl (C=O) groups is 1. The van der Waals surface area contributed by atoms with E-state index in [1.807, 2.05) is 6.92 Å². The molecule has 3 N–H and O–H groups in total. The van der Waals surface area contributed by atoms with Gasteiger partial charge in [0.15, 0.2) is 0 Å². The molecule has 15 heteroatoms. The zero-order valence-electron chi connectivity index (χ0n) is 18.4. The van der Waals surface area contributed by atoms with E-state index in [9.17, 15) is 26.4 Å². The van der Waals surface area contributed by atoms with Crippen LogP contribution in [0.25, 0.3) is 5.65 Å². The van der Waals surface area contributed by atoms with E-state index >= 15 is 0 Å². The van der Waals surface area contributed by atoms with Crippen molar-refractivity contribution in [3.8, 4) is 5.75 Å². The molecule has 0 saturated heterocycles. The maximum Gasteiger partial charge on any atom is 0.518 e. The highest BCUT2D eigenvalue weighted by atomic mass is 35.5. The Morgan fingerprint density at radius 1 is 1.29 bits per heavy atom. The van der Waals surface area contributed by atoms with Gasteiger partial charge in [0.1, 0.15) is 23.4 Å². The van der Waals surface area contributed by atoms with E-state index in [4.69, 9.17) is 16.3 Å². The van der Waals surface area contributed by atoms with Crippen molar-refractivity contribution in [1.82, 2.24) is 20.1 Å². The molecule has 0 radical (unpaired) electrons. The molecule has 1 amide bonds. The zero-order chi connectivity index (χ0) is 25.8. The van der Waals surface area contributed by atoms with Gasteiger partial charge in [0.25, 0.3) is 5.91 Å². The number of fused-ring (bicyclic) bond motifs is 1. The number of alkyl halides is 3. The summed E-state index contributed by atoms with van der Waals surface area (Å²) in [6.07, 6.45) is 2.50. The minimum atomic E-state index is -5.64. The van der Waals surface area contributed by atoms with Crippen molar-refractivity contribution in [1.29, 1.82) is 0 Å². The number of hydrazine groups is 1. The van der Waals surface area contributed by atoms with Gasteiger partial charge in [-0.05, 0) is 24.6 Å². The summed E-state index contributed by atoms with van der Waals surface area (Å²) >= 11 is 6.07. The molecule has 0 aliphatic carbocycles. The molecule has 3 aromatic rings. The molecule has 3 rings (SSSR count). The van der Waals surface area contributed by atoms with Crippen LogP contribution in [0, 0.1) is 0 Å². The first-order valence-electron chi connectivity index (χ1n) is 9.95. The molecule has 0 atom stereocenters. The fourth-order valence-corrected chi connectivity index (χ4v) is 3.52. The number of amides is 1. The van der Waals surface area contributed by atoms with Crippen LogP contribution in [0.2, 0.25) is 5.02 Å². The number of sulfonamides is 1. The topological polar surface area (TPSA) is 126 Å². The second-order valence-corrected chi connectivity index (χ2v) is 9.03. The van der Waals surface area contributed by atoms with Crippen molar-refractivity contribution >= 4 is 45.2 Å². The Kier molecular flexibility index (Phi) is 7.75. The molecule has 35 heavy (non-hydrogen) atoms. The largest absolute Gasteiger partial charge is 0.518 e. The second kappa shape index (κ2) is 10.4. The van der Waals surface area contributed by atoms with Gasteiger partial charge >= 0.3 is 15.5 Å². The fourth-order valence-electron chi connectivity index (χ4n) is 3.05. The van der Waals surface area contributed by atoms with Crippen LogP contribution < -0.4 is 20.9 Å². The average Bonchev–Trinajstić information content (AvgIpc) is 3.17. The van der Waals surface area contributed by atoms with Gasteiger partial charge in [-0.15, -0.1) is 4.40 Å². The highest BCUT2D eigenvalue weighted by Crippen LogP contribution is 2.25. The number of aryl methyl sites for hydroxylation is 1. The molecule has 0 aliphatic heterocycles. The second-order valence-electron chi connectivity index (χ2n) is 6.97. The van der Waals surface area contributed by atoms with Gasteiger partial charge in [0.2, 0.25) is 0 Å². The number of nitrogens with zero attached hydrogens (tertiary/aromatic N) is 3. The summed E-state index contributed by atoms with van der Waals surface area (Å²) in [4.78, 5) is 17.4. The lowest BCUT2D eigenvalue weighted by atomic mass is 10.1. The SMILES string of the molecule is CCc1nc2ccc(Cl)cn2c1C(=O)NCc1ccc(NNC=NS(=O)(=O)C(F)(F)F)cc1OC. The number of methoxy groups -OCH3 is 1. The Hall–Kier alpha value is -3.52. The highest BCUT2D eigenvalue weighted by molar-refractivity contribution is 7.91. The van der Waals surface area contributed by atoms with Crippen molar-refractivity contribution in [2.75, 3.05) is 12.5 Å². The van der Waals surface area contributed by atoms with E-state index in [1.54, 1.807) is 28.8 Å². The number of anilines is 1. The summed E-state index contributed by atoms with van der Waals surface area (Å²) in [6.45, 7) is 1.98. The molecule has 0 unspecified atom stereocenters. The Balaban J connectivity index is 1.69. The number of carbonyl (C=O) groups excluding carboxylic acids is 1. The quantitative estimate of drug-likeness (QED) is 0.219. The number of ether oxygens (including phenoxy) is 1. The summed E-state index contributed by atoms with van der Waals surface area (Å²) < 4.78 is 68.0. The first kappa shape index (κ1) is 26.1. The molecule has 2 heterocycles. The van der Waals surface area contributed by atoms with Crippen LogP contribution in [0.3, 0.4) is 0 Å². The first-order valence-corrected chi connectivity index (χ1v) is 11.8. The summed E-state index contributed by atoms with van der Waals surface area (Å²) in [7, 11) is -4.24. The number of hydrogen-bond acceptors (Lipinski definition) is 6. The third kappa shape index (κ3) is 5.95. The van der Waals surface area contributed by atoms with Crippen molar-refractivity contribution in [3.05, 3.63) is 58.5 Å². The number of halogens is 4. The lowest BCUT2D eigenvalue weighted by Gasteiger charge is -2.13. The molecule has 2 aromatic heterocycles. The number of pyridine rings is 1. The third-order valence-electron chi connectivity index (χ3n) is 4.70. The Bertz CT molecular complexity index is 1380. The lowest BCUT2D eigenvalue weighted by molar-refractivity contribution is -0.0435. The van der Waals surface area contributed by atoms with Gasteiger partial charge in [0.05, 0.1) is 23.5 Å². The first-order chi connectivity index (χ1) is 16.5. The summed E-state index contributed by atoms with van der Waals surface area (Å²) in [6, 6.07) is 8.03.